The molecule has 0 bridgehead atoms. The van der Waals surface area contributed by atoms with Crippen molar-refractivity contribution in [2.24, 2.45) is 0 Å². The molecule has 0 radical (unpaired) electrons. The molecule has 1 rings (SSSR count). The van der Waals surface area contributed by atoms with Gasteiger partial charge in [-0.05, 0) is 13.8 Å². The molecule has 1 aliphatic heterocycles. The van der Waals surface area contributed by atoms with Crippen LogP contribution < -0.4 is 0 Å². The summed E-state index contributed by atoms with van der Waals surface area (Å²) in [5.74, 6) is -2.38. The number of ether oxygens (including phenoxy) is 1. The highest BCUT2D eigenvalue weighted by Crippen LogP contribution is 2.34. The summed E-state index contributed by atoms with van der Waals surface area (Å²) in [5, 5.41) is 9.42. The second kappa shape index (κ2) is 2.89. The predicted octanol–water partition coefficient (Wildman–Crippen LogP) is 0.422. The number of hydrogen-bond donors (Lipinski definition) is 1. The molecule has 4 nitrogen and oxygen atoms in total. The standard InChI is InChI=1S/C9H14O4/c1-4-6(10)8(2)5-7(11)9(3,12)13-8/h12H,4-5H2,1-3H3/t8-,9-/m0/s1. The second-order valence-corrected chi connectivity index (χ2v) is 3.69. The Morgan fingerprint density at radius 2 is 2.15 bits per heavy atom. The molecule has 1 saturated heterocycles. The van der Waals surface area contributed by atoms with Crippen molar-refractivity contribution in [1.29, 1.82) is 0 Å². The number of hydrogen-bond acceptors (Lipinski definition) is 4. The zero-order valence-corrected chi connectivity index (χ0v) is 8.09. The molecule has 0 aromatic rings. The summed E-state index contributed by atoms with van der Waals surface area (Å²) in [4.78, 5) is 22.6. The van der Waals surface area contributed by atoms with Gasteiger partial charge in [0.2, 0.25) is 5.79 Å². The van der Waals surface area contributed by atoms with E-state index in [9.17, 15) is 14.7 Å². The predicted molar refractivity (Wildman–Crippen MR) is 45.0 cm³/mol. The van der Waals surface area contributed by atoms with Crippen LogP contribution in [0.5, 0.6) is 0 Å². The Kier molecular flexibility index (Phi) is 2.30. The molecule has 74 valence electrons. The maximum Gasteiger partial charge on any atom is 0.224 e. The quantitative estimate of drug-likeness (QED) is 0.679. The van der Waals surface area contributed by atoms with E-state index in [-0.39, 0.29) is 12.2 Å². The molecule has 0 unspecified atom stereocenters. The van der Waals surface area contributed by atoms with Crippen molar-refractivity contribution in [2.75, 3.05) is 0 Å². The average Bonchev–Trinajstić information content (AvgIpc) is 2.21. The van der Waals surface area contributed by atoms with Gasteiger partial charge < -0.3 is 9.84 Å². The van der Waals surface area contributed by atoms with E-state index in [0.717, 1.165) is 0 Å². The smallest absolute Gasteiger partial charge is 0.224 e. The van der Waals surface area contributed by atoms with Gasteiger partial charge in [-0.1, -0.05) is 6.92 Å². The monoisotopic (exact) mass is 186 g/mol. The molecule has 1 N–H and O–H groups in total. The minimum Gasteiger partial charge on any atom is -0.360 e. The molecule has 4 heteroatoms. The van der Waals surface area contributed by atoms with Gasteiger partial charge >= 0.3 is 0 Å². The topological polar surface area (TPSA) is 63.6 Å². The first-order valence-electron chi connectivity index (χ1n) is 4.31. The summed E-state index contributed by atoms with van der Waals surface area (Å²) < 4.78 is 5.06. The summed E-state index contributed by atoms with van der Waals surface area (Å²) in [5.41, 5.74) is -1.13. The molecular formula is C9H14O4. The van der Waals surface area contributed by atoms with Gasteiger partial charge in [0, 0.05) is 12.8 Å². The van der Waals surface area contributed by atoms with Crippen LogP contribution in [-0.2, 0) is 14.3 Å². The fourth-order valence-electron chi connectivity index (χ4n) is 1.53. The van der Waals surface area contributed by atoms with E-state index in [0.29, 0.717) is 6.42 Å². The molecule has 13 heavy (non-hydrogen) atoms. The van der Waals surface area contributed by atoms with Gasteiger partial charge in [-0.3, -0.25) is 9.59 Å². The molecule has 0 aromatic heterocycles. The van der Waals surface area contributed by atoms with E-state index in [1.54, 1.807) is 6.92 Å². The van der Waals surface area contributed by atoms with Crippen molar-refractivity contribution >= 4 is 11.6 Å². The summed E-state index contributed by atoms with van der Waals surface area (Å²) in [6.07, 6.45) is 0.270. The zero-order valence-electron chi connectivity index (χ0n) is 8.09. The molecule has 0 aliphatic carbocycles. The maximum atomic E-state index is 11.4. The first-order valence-corrected chi connectivity index (χ1v) is 4.31. The average molecular weight is 186 g/mol. The summed E-state index contributed by atoms with van der Waals surface area (Å²) in [7, 11) is 0. The van der Waals surface area contributed by atoms with E-state index in [1.807, 2.05) is 0 Å². The van der Waals surface area contributed by atoms with Crippen molar-refractivity contribution in [1.82, 2.24) is 0 Å². The summed E-state index contributed by atoms with van der Waals surface area (Å²) >= 11 is 0. The highest BCUT2D eigenvalue weighted by Gasteiger charge is 2.52. The Morgan fingerprint density at radius 1 is 1.62 bits per heavy atom. The second-order valence-electron chi connectivity index (χ2n) is 3.69. The minimum absolute atomic E-state index is 0.0350. The van der Waals surface area contributed by atoms with E-state index >= 15 is 0 Å². The van der Waals surface area contributed by atoms with E-state index in [2.05, 4.69) is 0 Å². The van der Waals surface area contributed by atoms with Crippen LogP contribution in [0.4, 0.5) is 0 Å². The third-order valence-corrected chi connectivity index (χ3v) is 2.35. The number of rotatable bonds is 2. The molecule has 0 aromatic carbocycles. The minimum atomic E-state index is -1.79. The van der Waals surface area contributed by atoms with Crippen LogP contribution in [0.15, 0.2) is 0 Å². The highest BCUT2D eigenvalue weighted by atomic mass is 16.7. The molecule has 0 saturated carbocycles. The molecule has 2 atom stereocenters. The van der Waals surface area contributed by atoms with Crippen molar-refractivity contribution in [2.45, 2.75) is 45.0 Å². The van der Waals surface area contributed by atoms with Crippen molar-refractivity contribution < 1.29 is 19.4 Å². The highest BCUT2D eigenvalue weighted by molar-refractivity contribution is 5.98. The lowest BCUT2D eigenvalue weighted by atomic mass is 9.94. The maximum absolute atomic E-state index is 11.4. The van der Waals surface area contributed by atoms with Gasteiger partial charge in [0.15, 0.2) is 11.6 Å². The fourth-order valence-corrected chi connectivity index (χ4v) is 1.53. The lowest BCUT2D eigenvalue weighted by molar-refractivity contribution is -0.206. The van der Waals surface area contributed by atoms with Crippen LogP contribution in [0.1, 0.15) is 33.6 Å². The number of Topliss-reactive ketones (excluding diaryl/α,β-unsaturated/α-hetero) is 2. The molecular weight excluding hydrogens is 172 g/mol. The number of ketones is 2. The van der Waals surface area contributed by atoms with Crippen LogP contribution in [0.25, 0.3) is 0 Å². The zero-order chi connectivity index (χ0) is 10.3. The molecule has 1 heterocycles. The first-order chi connectivity index (χ1) is 5.82. The van der Waals surface area contributed by atoms with Crippen molar-refractivity contribution in [3.63, 3.8) is 0 Å². The van der Waals surface area contributed by atoms with Gasteiger partial charge in [0.1, 0.15) is 5.60 Å². The van der Waals surface area contributed by atoms with E-state index in [4.69, 9.17) is 4.74 Å². The Labute approximate surface area is 76.9 Å². The largest absolute Gasteiger partial charge is 0.360 e. The number of carbonyl (C=O) groups is 2. The van der Waals surface area contributed by atoms with E-state index < -0.39 is 17.2 Å². The molecule has 1 fully saturated rings. The van der Waals surface area contributed by atoms with E-state index in [1.165, 1.54) is 13.8 Å². The van der Waals surface area contributed by atoms with Gasteiger partial charge in [-0.15, -0.1) is 0 Å². The van der Waals surface area contributed by atoms with Crippen LogP contribution >= 0.6 is 0 Å². The third kappa shape index (κ3) is 1.64. The third-order valence-electron chi connectivity index (χ3n) is 2.35. The Balaban J connectivity index is 2.88. The summed E-state index contributed by atoms with van der Waals surface area (Å²) in [6.45, 7) is 4.51. The Hall–Kier alpha value is -0.740. The van der Waals surface area contributed by atoms with Gasteiger partial charge in [0.25, 0.3) is 0 Å². The SMILES string of the molecule is CCC(=O)[C@]1(C)CC(=O)[C@@](C)(O)O1. The normalized spacial score (nSPS) is 39.5. The molecule has 1 aliphatic rings. The van der Waals surface area contributed by atoms with Crippen LogP contribution in [-0.4, -0.2) is 28.1 Å². The fraction of sp³-hybridized carbons (Fsp3) is 0.778. The van der Waals surface area contributed by atoms with Gasteiger partial charge in [0.05, 0.1) is 0 Å². The Morgan fingerprint density at radius 3 is 2.46 bits per heavy atom. The molecule has 0 spiro atoms. The van der Waals surface area contributed by atoms with Gasteiger partial charge in [-0.25, -0.2) is 0 Å². The lowest BCUT2D eigenvalue weighted by Crippen LogP contribution is -2.38. The summed E-state index contributed by atoms with van der Waals surface area (Å²) in [6, 6.07) is 0. The van der Waals surface area contributed by atoms with Crippen LogP contribution in [0, 0.1) is 0 Å². The number of carbonyl (C=O) groups excluding carboxylic acids is 2. The Bertz CT molecular complexity index is 256. The van der Waals surface area contributed by atoms with Crippen molar-refractivity contribution in [3.8, 4) is 0 Å². The van der Waals surface area contributed by atoms with Crippen LogP contribution in [0.2, 0.25) is 0 Å². The van der Waals surface area contributed by atoms with Gasteiger partial charge in [-0.2, -0.15) is 0 Å². The first kappa shape index (κ1) is 10.3. The molecule has 0 amide bonds. The van der Waals surface area contributed by atoms with Crippen LogP contribution in [0.3, 0.4) is 0 Å². The van der Waals surface area contributed by atoms with Crippen molar-refractivity contribution in [3.05, 3.63) is 0 Å². The number of aliphatic hydroxyl groups is 1. The lowest BCUT2D eigenvalue weighted by Gasteiger charge is -2.23.